The lowest BCUT2D eigenvalue weighted by Crippen LogP contribution is -2.45. The van der Waals surface area contributed by atoms with Gasteiger partial charge in [-0.25, -0.2) is 0 Å². The molecule has 5 heteroatoms. The molecule has 0 spiro atoms. The fraction of sp³-hybridized carbons (Fsp3) is 0.615. The SMILES string of the molecule is Cc1c(O)c(=O)ccn1CCN1CCN(C)CC1. The molecule has 0 atom stereocenters. The molecule has 1 aliphatic heterocycles. The largest absolute Gasteiger partial charge is 0.503 e. The van der Waals surface area contributed by atoms with Gasteiger partial charge in [0.1, 0.15) is 0 Å². The number of rotatable bonds is 3. The van der Waals surface area contributed by atoms with Crippen molar-refractivity contribution < 1.29 is 5.11 Å². The van der Waals surface area contributed by atoms with Gasteiger partial charge >= 0.3 is 0 Å². The molecule has 0 aromatic carbocycles. The summed E-state index contributed by atoms with van der Waals surface area (Å²) in [6.07, 6.45) is 1.76. The first-order valence-corrected chi connectivity index (χ1v) is 6.38. The molecular formula is C13H21N3O2. The predicted octanol–water partition coefficient (Wildman–Crippen LogP) is 0.110. The Hall–Kier alpha value is -1.33. The minimum Gasteiger partial charge on any atom is -0.503 e. The van der Waals surface area contributed by atoms with Gasteiger partial charge in [-0.3, -0.25) is 9.69 Å². The standard InChI is InChI=1S/C13H21N3O2/c1-11-13(18)12(17)3-4-16(11)10-9-15-7-5-14(2)6-8-15/h3-4,18H,5-10H2,1-2H3. The number of likely N-dealkylation sites (N-methyl/N-ethyl adjacent to an activating group) is 1. The Kier molecular flexibility index (Phi) is 4.04. The first-order valence-electron chi connectivity index (χ1n) is 6.38. The Balaban J connectivity index is 1.94. The molecule has 0 bridgehead atoms. The quantitative estimate of drug-likeness (QED) is 0.828. The van der Waals surface area contributed by atoms with Crippen LogP contribution in [0.5, 0.6) is 5.75 Å². The fourth-order valence-electron chi connectivity index (χ4n) is 2.23. The van der Waals surface area contributed by atoms with Gasteiger partial charge in [-0.15, -0.1) is 0 Å². The number of nitrogens with zero attached hydrogens (tertiary/aromatic N) is 3. The lowest BCUT2D eigenvalue weighted by atomic mass is 10.3. The van der Waals surface area contributed by atoms with E-state index in [-0.39, 0.29) is 11.2 Å². The smallest absolute Gasteiger partial charge is 0.223 e. The topological polar surface area (TPSA) is 48.7 Å². The number of aromatic nitrogens is 1. The van der Waals surface area contributed by atoms with Gasteiger partial charge in [0.15, 0.2) is 5.75 Å². The van der Waals surface area contributed by atoms with Gasteiger partial charge in [0.05, 0.1) is 5.69 Å². The Morgan fingerprint density at radius 1 is 1.22 bits per heavy atom. The van der Waals surface area contributed by atoms with Gasteiger partial charge in [-0.05, 0) is 14.0 Å². The summed E-state index contributed by atoms with van der Waals surface area (Å²) >= 11 is 0. The van der Waals surface area contributed by atoms with Gasteiger partial charge < -0.3 is 14.6 Å². The van der Waals surface area contributed by atoms with Crippen LogP contribution < -0.4 is 5.43 Å². The lowest BCUT2D eigenvalue weighted by molar-refractivity contribution is 0.149. The molecule has 0 saturated carbocycles. The summed E-state index contributed by atoms with van der Waals surface area (Å²) in [4.78, 5) is 16.0. The van der Waals surface area contributed by atoms with Crippen LogP contribution in [0.3, 0.4) is 0 Å². The van der Waals surface area contributed by atoms with Gasteiger partial charge in [0, 0.05) is 51.5 Å². The molecule has 0 aliphatic carbocycles. The van der Waals surface area contributed by atoms with Gasteiger partial charge in [-0.1, -0.05) is 0 Å². The molecule has 2 rings (SSSR count). The van der Waals surface area contributed by atoms with Crippen LogP contribution >= 0.6 is 0 Å². The van der Waals surface area contributed by atoms with E-state index in [4.69, 9.17) is 0 Å². The summed E-state index contributed by atoms with van der Waals surface area (Å²) < 4.78 is 1.94. The zero-order chi connectivity index (χ0) is 13.1. The van der Waals surface area contributed by atoms with Gasteiger partial charge in [0.25, 0.3) is 0 Å². The van der Waals surface area contributed by atoms with Crippen LogP contribution in [0.2, 0.25) is 0 Å². The maximum atomic E-state index is 11.3. The van der Waals surface area contributed by atoms with Gasteiger partial charge in [0.2, 0.25) is 5.43 Å². The molecule has 1 aromatic rings. The molecule has 1 saturated heterocycles. The molecular weight excluding hydrogens is 230 g/mol. The normalized spacial score (nSPS) is 18.1. The summed E-state index contributed by atoms with van der Waals surface area (Å²) in [7, 11) is 2.14. The van der Waals surface area contributed by atoms with Crippen molar-refractivity contribution in [3.8, 4) is 5.75 Å². The molecule has 0 unspecified atom stereocenters. The van der Waals surface area contributed by atoms with E-state index in [0.717, 1.165) is 39.3 Å². The van der Waals surface area contributed by atoms with Gasteiger partial charge in [-0.2, -0.15) is 0 Å². The maximum Gasteiger partial charge on any atom is 0.223 e. The second-order valence-electron chi connectivity index (χ2n) is 4.95. The molecule has 0 amide bonds. The Morgan fingerprint density at radius 3 is 2.56 bits per heavy atom. The summed E-state index contributed by atoms with van der Waals surface area (Å²) in [5, 5.41) is 9.61. The molecule has 1 fully saturated rings. The van der Waals surface area contributed by atoms with Crippen molar-refractivity contribution in [2.45, 2.75) is 13.5 Å². The number of aromatic hydroxyl groups is 1. The third-order valence-electron chi connectivity index (χ3n) is 3.67. The highest BCUT2D eigenvalue weighted by atomic mass is 16.3. The molecule has 100 valence electrons. The zero-order valence-electron chi connectivity index (χ0n) is 11.1. The van der Waals surface area contributed by atoms with Crippen molar-refractivity contribution >= 4 is 0 Å². The number of pyridine rings is 1. The van der Waals surface area contributed by atoms with Crippen molar-refractivity contribution in [1.82, 2.24) is 14.4 Å². The zero-order valence-corrected chi connectivity index (χ0v) is 11.1. The summed E-state index contributed by atoms with van der Waals surface area (Å²) in [5.41, 5.74) is 0.347. The lowest BCUT2D eigenvalue weighted by Gasteiger charge is -2.32. The summed E-state index contributed by atoms with van der Waals surface area (Å²) in [5.74, 6) is -0.129. The first kappa shape index (κ1) is 13.1. The van der Waals surface area contributed by atoms with Crippen LogP contribution in [0.4, 0.5) is 0 Å². The highest BCUT2D eigenvalue weighted by Crippen LogP contribution is 2.09. The second-order valence-corrected chi connectivity index (χ2v) is 4.95. The van der Waals surface area contributed by atoms with Crippen LogP contribution in [0.25, 0.3) is 0 Å². The number of hydrogen-bond acceptors (Lipinski definition) is 4. The van der Waals surface area contributed by atoms with Crippen LogP contribution in [-0.2, 0) is 6.54 Å². The molecule has 1 N–H and O–H groups in total. The maximum absolute atomic E-state index is 11.3. The Bertz CT molecular complexity index is 462. The first-order chi connectivity index (χ1) is 8.58. The van der Waals surface area contributed by atoms with Crippen LogP contribution in [0, 0.1) is 6.92 Å². The van der Waals surface area contributed by atoms with E-state index in [0.29, 0.717) is 5.69 Å². The average Bonchev–Trinajstić information content (AvgIpc) is 2.37. The Morgan fingerprint density at radius 2 is 1.89 bits per heavy atom. The van der Waals surface area contributed by atoms with E-state index in [1.165, 1.54) is 6.07 Å². The molecule has 5 nitrogen and oxygen atoms in total. The summed E-state index contributed by atoms with van der Waals surface area (Å²) in [6, 6.07) is 1.42. The van der Waals surface area contributed by atoms with Crippen molar-refractivity contribution in [3.63, 3.8) is 0 Å². The van der Waals surface area contributed by atoms with Crippen LogP contribution in [0.1, 0.15) is 5.69 Å². The summed E-state index contributed by atoms with van der Waals surface area (Å²) in [6.45, 7) is 7.92. The van der Waals surface area contributed by atoms with Crippen molar-refractivity contribution in [2.75, 3.05) is 39.8 Å². The third kappa shape index (κ3) is 2.91. The average molecular weight is 251 g/mol. The van der Waals surface area contributed by atoms with E-state index < -0.39 is 0 Å². The van der Waals surface area contributed by atoms with E-state index in [1.807, 2.05) is 4.57 Å². The molecule has 1 aliphatic rings. The molecule has 1 aromatic heterocycles. The minimum absolute atomic E-state index is 0.129. The van der Waals surface area contributed by atoms with E-state index >= 15 is 0 Å². The Labute approximate surface area is 107 Å². The third-order valence-corrected chi connectivity index (χ3v) is 3.67. The van der Waals surface area contributed by atoms with E-state index in [1.54, 1.807) is 13.1 Å². The monoisotopic (exact) mass is 251 g/mol. The fourth-order valence-corrected chi connectivity index (χ4v) is 2.23. The highest BCUT2D eigenvalue weighted by Gasteiger charge is 2.13. The van der Waals surface area contributed by atoms with Crippen molar-refractivity contribution in [2.24, 2.45) is 0 Å². The molecule has 0 radical (unpaired) electrons. The number of piperazine rings is 1. The highest BCUT2D eigenvalue weighted by molar-refractivity contribution is 5.25. The van der Waals surface area contributed by atoms with Crippen molar-refractivity contribution in [3.05, 3.63) is 28.2 Å². The number of hydrogen-bond donors (Lipinski definition) is 1. The molecule has 2 heterocycles. The second kappa shape index (κ2) is 5.54. The van der Waals surface area contributed by atoms with Crippen LogP contribution in [0.15, 0.2) is 17.1 Å². The minimum atomic E-state index is -0.302. The van der Waals surface area contributed by atoms with E-state index in [9.17, 15) is 9.90 Å². The van der Waals surface area contributed by atoms with Crippen LogP contribution in [-0.4, -0.2) is 59.2 Å². The molecule has 18 heavy (non-hydrogen) atoms. The van der Waals surface area contributed by atoms with E-state index in [2.05, 4.69) is 16.8 Å². The van der Waals surface area contributed by atoms with Crippen molar-refractivity contribution in [1.29, 1.82) is 0 Å². The predicted molar refractivity (Wildman–Crippen MR) is 71.0 cm³/mol.